The number of anilines is 2. The summed E-state index contributed by atoms with van der Waals surface area (Å²) >= 11 is 0. The van der Waals surface area contributed by atoms with Gasteiger partial charge < -0.3 is 9.57 Å². The molecule has 1 heterocycles. The first-order valence-corrected chi connectivity index (χ1v) is 7.26. The fourth-order valence-electron chi connectivity index (χ4n) is 2.48. The van der Waals surface area contributed by atoms with Gasteiger partial charge in [-0.05, 0) is 36.4 Å². The number of para-hydroxylation sites is 4. The van der Waals surface area contributed by atoms with E-state index in [9.17, 15) is 4.79 Å². The van der Waals surface area contributed by atoms with E-state index in [-0.39, 0.29) is 0 Å². The van der Waals surface area contributed by atoms with Crippen molar-refractivity contribution in [3.05, 3.63) is 84.4 Å². The molecule has 1 aliphatic heterocycles. The monoisotopic (exact) mass is 303 g/mol. The van der Waals surface area contributed by atoms with Gasteiger partial charge >= 0.3 is 5.97 Å². The van der Waals surface area contributed by atoms with E-state index in [0.29, 0.717) is 28.4 Å². The lowest BCUT2D eigenvalue weighted by Crippen LogP contribution is -2.25. The van der Waals surface area contributed by atoms with Gasteiger partial charge in [-0.2, -0.15) is 5.06 Å². The zero-order chi connectivity index (χ0) is 15.6. The van der Waals surface area contributed by atoms with Crippen LogP contribution in [0.15, 0.2) is 78.9 Å². The molecule has 0 aliphatic carbocycles. The third-order valence-electron chi connectivity index (χ3n) is 3.57. The van der Waals surface area contributed by atoms with Gasteiger partial charge in [-0.25, -0.2) is 4.79 Å². The molecule has 0 saturated carbocycles. The number of hydrogen-bond acceptors (Lipinski definition) is 4. The number of hydrogen-bond donors (Lipinski definition) is 0. The second kappa shape index (κ2) is 5.50. The third kappa shape index (κ3) is 2.40. The molecule has 0 radical (unpaired) electrons. The number of rotatable bonds is 2. The van der Waals surface area contributed by atoms with Crippen LogP contribution in [0, 0.1) is 0 Å². The first-order valence-electron chi connectivity index (χ1n) is 7.26. The normalized spacial score (nSPS) is 11.9. The Hall–Kier alpha value is -3.27. The SMILES string of the molecule is O=C(ON1c2ccccc2Oc2ccccc21)c1ccccc1. The van der Waals surface area contributed by atoms with Gasteiger partial charge in [-0.3, -0.25) is 0 Å². The summed E-state index contributed by atoms with van der Waals surface area (Å²) in [5, 5.41) is 1.52. The smallest absolute Gasteiger partial charge is 0.363 e. The molecule has 0 fully saturated rings. The van der Waals surface area contributed by atoms with E-state index in [1.807, 2.05) is 54.6 Å². The molecule has 0 spiro atoms. The zero-order valence-electron chi connectivity index (χ0n) is 12.2. The number of nitrogens with zero attached hydrogens (tertiary/aromatic N) is 1. The van der Waals surface area contributed by atoms with Gasteiger partial charge in [0.15, 0.2) is 11.5 Å². The van der Waals surface area contributed by atoms with Crippen molar-refractivity contribution in [2.24, 2.45) is 0 Å². The summed E-state index contributed by atoms with van der Waals surface area (Å²) in [7, 11) is 0. The number of carbonyl (C=O) groups is 1. The van der Waals surface area contributed by atoms with E-state index >= 15 is 0 Å². The van der Waals surface area contributed by atoms with Gasteiger partial charge in [0.25, 0.3) is 0 Å². The average Bonchev–Trinajstić information content (AvgIpc) is 2.62. The van der Waals surface area contributed by atoms with Gasteiger partial charge in [-0.1, -0.05) is 42.5 Å². The summed E-state index contributed by atoms with van der Waals surface area (Å²) in [6.07, 6.45) is 0. The Balaban J connectivity index is 1.74. The van der Waals surface area contributed by atoms with Crippen LogP contribution >= 0.6 is 0 Å². The van der Waals surface area contributed by atoms with Crippen molar-refractivity contribution in [2.45, 2.75) is 0 Å². The maximum absolute atomic E-state index is 12.4. The van der Waals surface area contributed by atoms with Crippen LogP contribution in [0.1, 0.15) is 10.4 Å². The highest BCUT2D eigenvalue weighted by atomic mass is 16.7. The second-order valence-corrected chi connectivity index (χ2v) is 5.08. The maximum Gasteiger partial charge on any atom is 0.363 e. The molecule has 3 aromatic rings. The summed E-state index contributed by atoms with van der Waals surface area (Å²) in [5.41, 5.74) is 1.87. The topological polar surface area (TPSA) is 38.8 Å². The van der Waals surface area contributed by atoms with Crippen LogP contribution in [0.5, 0.6) is 11.5 Å². The van der Waals surface area contributed by atoms with Crippen LogP contribution in [0.2, 0.25) is 0 Å². The predicted molar refractivity (Wildman–Crippen MR) is 87.0 cm³/mol. The van der Waals surface area contributed by atoms with E-state index in [2.05, 4.69) is 0 Å². The van der Waals surface area contributed by atoms with Crippen LogP contribution in [0.4, 0.5) is 11.4 Å². The molecule has 23 heavy (non-hydrogen) atoms. The minimum Gasteiger partial charge on any atom is -0.453 e. The maximum atomic E-state index is 12.4. The van der Waals surface area contributed by atoms with Gasteiger partial charge in [0, 0.05) is 0 Å². The largest absolute Gasteiger partial charge is 0.453 e. The average molecular weight is 303 g/mol. The summed E-state index contributed by atoms with van der Waals surface area (Å²) in [6.45, 7) is 0. The van der Waals surface area contributed by atoms with Crippen molar-refractivity contribution in [3.8, 4) is 11.5 Å². The molecule has 4 rings (SSSR count). The quantitative estimate of drug-likeness (QED) is 0.687. The minimum absolute atomic E-state index is 0.419. The molecule has 0 bridgehead atoms. The fraction of sp³-hybridized carbons (Fsp3) is 0. The van der Waals surface area contributed by atoms with Gasteiger partial charge in [0.2, 0.25) is 0 Å². The highest BCUT2D eigenvalue weighted by Gasteiger charge is 2.27. The van der Waals surface area contributed by atoms with E-state index in [4.69, 9.17) is 9.57 Å². The Labute approximate surface area is 133 Å². The summed E-state index contributed by atoms with van der Waals surface area (Å²) in [6, 6.07) is 23.8. The first-order chi connectivity index (χ1) is 11.3. The van der Waals surface area contributed by atoms with E-state index in [1.165, 1.54) is 5.06 Å². The highest BCUT2D eigenvalue weighted by Crippen LogP contribution is 2.46. The second-order valence-electron chi connectivity index (χ2n) is 5.08. The summed E-state index contributed by atoms with van der Waals surface area (Å²) < 4.78 is 5.86. The van der Waals surface area contributed by atoms with Crippen molar-refractivity contribution < 1.29 is 14.4 Å². The molecule has 1 aliphatic rings. The Bertz CT molecular complexity index is 816. The molecule has 0 unspecified atom stereocenters. The Morgan fingerprint density at radius 2 is 1.26 bits per heavy atom. The molecule has 0 N–H and O–H groups in total. The summed E-state index contributed by atoms with van der Waals surface area (Å²) in [5.74, 6) is 0.872. The molecule has 112 valence electrons. The molecular formula is C19H13NO3. The van der Waals surface area contributed by atoms with Gasteiger partial charge in [0.1, 0.15) is 11.4 Å². The summed E-state index contributed by atoms with van der Waals surface area (Å²) in [4.78, 5) is 18.1. The molecular weight excluding hydrogens is 290 g/mol. The molecule has 4 nitrogen and oxygen atoms in total. The third-order valence-corrected chi connectivity index (χ3v) is 3.57. The fourth-order valence-corrected chi connectivity index (χ4v) is 2.48. The Morgan fingerprint density at radius 1 is 0.739 bits per heavy atom. The number of benzene rings is 3. The first kappa shape index (κ1) is 13.4. The zero-order valence-corrected chi connectivity index (χ0v) is 12.2. The molecule has 3 aromatic carbocycles. The lowest BCUT2D eigenvalue weighted by atomic mass is 10.2. The lowest BCUT2D eigenvalue weighted by Gasteiger charge is -2.30. The molecule has 4 heteroatoms. The predicted octanol–water partition coefficient (Wildman–Crippen LogP) is 4.70. The highest BCUT2D eigenvalue weighted by molar-refractivity contribution is 5.91. The van der Waals surface area contributed by atoms with Crippen molar-refractivity contribution in [1.29, 1.82) is 0 Å². The molecule has 0 aromatic heterocycles. The number of ether oxygens (including phenoxy) is 1. The van der Waals surface area contributed by atoms with E-state index in [1.54, 1.807) is 24.3 Å². The van der Waals surface area contributed by atoms with Gasteiger partial charge in [0.05, 0.1) is 5.56 Å². The molecule has 0 atom stereocenters. The van der Waals surface area contributed by atoms with Crippen molar-refractivity contribution in [2.75, 3.05) is 5.06 Å². The Kier molecular flexibility index (Phi) is 3.20. The number of fused-ring (bicyclic) bond motifs is 2. The van der Waals surface area contributed by atoms with Crippen molar-refractivity contribution >= 4 is 17.3 Å². The molecule has 0 saturated heterocycles. The standard InChI is InChI=1S/C19H13NO3/c21-19(14-8-2-1-3-9-14)23-20-15-10-4-6-12-17(15)22-18-13-7-5-11-16(18)20/h1-13H. The minimum atomic E-state index is -0.419. The van der Waals surface area contributed by atoms with Crippen molar-refractivity contribution in [3.63, 3.8) is 0 Å². The lowest BCUT2D eigenvalue weighted by molar-refractivity contribution is 0.0498. The molecule has 0 amide bonds. The van der Waals surface area contributed by atoms with E-state index in [0.717, 1.165) is 0 Å². The van der Waals surface area contributed by atoms with Crippen LogP contribution < -0.4 is 9.80 Å². The van der Waals surface area contributed by atoms with Crippen LogP contribution in [-0.2, 0) is 4.84 Å². The number of carbonyl (C=O) groups excluding carboxylic acids is 1. The van der Waals surface area contributed by atoms with Crippen LogP contribution in [-0.4, -0.2) is 5.97 Å². The van der Waals surface area contributed by atoms with Crippen LogP contribution in [0.25, 0.3) is 0 Å². The van der Waals surface area contributed by atoms with Crippen molar-refractivity contribution in [1.82, 2.24) is 0 Å². The van der Waals surface area contributed by atoms with Crippen LogP contribution in [0.3, 0.4) is 0 Å². The van der Waals surface area contributed by atoms with Gasteiger partial charge in [-0.15, -0.1) is 0 Å². The Morgan fingerprint density at radius 3 is 1.87 bits per heavy atom. The van der Waals surface area contributed by atoms with E-state index < -0.39 is 5.97 Å².